The molecule has 0 aliphatic carbocycles. The van der Waals surface area contributed by atoms with E-state index in [4.69, 9.17) is 12.2 Å². The Balaban J connectivity index is 2.18. The Bertz CT molecular complexity index is 530. The molecule has 0 atom stereocenters. The van der Waals surface area contributed by atoms with Crippen molar-refractivity contribution >= 4 is 23.0 Å². The molecule has 3 nitrogen and oxygen atoms in total. The molecular weight excluding hydrogens is 206 g/mol. The maximum atomic E-state index is 5.29. The first-order chi connectivity index (χ1) is 7.34. The van der Waals surface area contributed by atoms with Crippen LogP contribution < -0.4 is 5.32 Å². The smallest absolute Gasteiger partial charge is 0.183 e. The van der Waals surface area contributed by atoms with Crippen LogP contribution in [0.3, 0.4) is 0 Å². The van der Waals surface area contributed by atoms with E-state index in [0.717, 1.165) is 17.9 Å². The highest BCUT2D eigenvalue weighted by Crippen LogP contribution is 2.21. The van der Waals surface area contributed by atoms with Gasteiger partial charge in [0.2, 0.25) is 0 Å². The number of nitrogens with zero attached hydrogens (tertiary/aromatic N) is 2. The van der Waals surface area contributed by atoms with Crippen LogP contribution in [0, 0.1) is 0 Å². The summed E-state index contributed by atoms with van der Waals surface area (Å²) in [6.07, 6.45) is 4.48. The van der Waals surface area contributed by atoms with Gasteiger partial charge in [0.15, 0.2) is 5.11 Å². The molecule has 0 saturated carbocycles. The molecule has 1 N–H and O–H groups in total. The largest absolute Gasteiger partial charge is 0.332 e. The molecule has 0 amide bonds. The van der Waals surface area contributed by atoms with E-state index in [1.165, 1.54) is 5.56 Å². The SMILES string of the molecule is S=C1Nc2ccccc2Cc2nccn21. The second kappa shape index (κ2) is 3.17. The molecule has 2 aromatic rings. The Morgan fingerprint density at radius 1 is 1.33 bits per heavy atom. The summed E-state index contributed by atoms with van der Waals surface area (Å²) in [5.74, 6) is 0.984. The van der Waals surface area contributed by atoms with E-state index >= 15 is 0 Å². The van der Waals surface area contributed by atoms with E-state index in [2.05, 4.69) is 16.4 Å². The van der Waals surface area contributed by atoms with Crippen LogP contribution in [0.4, 0.5) is 5.69 Å². The molecule has 0 saturated heterocycles. The third-order valence-electron chi connectivity index (χ3n) is 2.54. The molecule has 1 aromatic carbocycles. The number of benzene rings is 1. The lowest BCUT2D eigenvalue weighted by Gasteiger charge is -2.07. The fourth-order valence-corrected chi connectivity index (χ4v) is 2.07. The monoisotopic (exact) mass is 215 g/mol. The summed E-state index contributed by atoms with van der Waals surface area (Å²) in [4.78, 5) is 4.30. The number of aromatic nitrogens is 2. The molecule has 1 aliphatic rings. The zero-order chi connectivity index (χ0) is 10.3. The molecule has 15 heavy (non-hydrogen) atoms. The number of hydrogen-bond acceptors (Lipinski definition) is 2. The van der Waals surface area contributed by atoms with E-state index in [1.54, 1.807) is 6.20 Å². The lowest BCUT2D eigenvalue weighted by atomic mass is 10.1. The van der Waals surface area contributed by atoms with Crippen molar-refractivity contribution in [3.8, 4) is 0 Å². The van der Waals surface area contributed by atoms with Gasteiger partial charge in [0.1, 0.15) is 5.82 Å². The molecule has 1 aromatic heterocycles. The van der Waals surface area contributed by atoms with Crippen molar-refractivity contribution in [2.24, 2.45) is 0 Å². The van der Waals surface area contributed by atoms with Gasteiger partial charge in [0, 0.05) is 24.5 Å². The zero-order valence-electron chi connectivity index (χ0n) is 7.97. The standard InChI is InChI=1S/C11H9N3S/c15-11-13-9-4-2-1-3-8(9)7-10-12-5-6-14(10)11/h1-6H,7H2,(H,13,15). The Labute approximate surface area is 92.8 Å². The van der Waals surface area contributed by atoms with Crippen LogP contribution in [-0.2, 0) is 6.42 Å². The number of hydrogen-bond donors (Lipinski definition) is 1. The van der Waals surface area contributed by atoms with Gasteiger partial charge in [-0.15, -0.1) is 0 Å². The van der Waals surface area contributed by atoms with Gasteiger partial charge in [-0.1, -0.05) is 18.2 Å². The van der Waals surface area contributed by atoms with Crippen molar-refractivity contribution in [3.05, 3.63) is 48.0 Å². The number of rotatable bonds is 0. The predicted octanol–water partition coefficient (Wildman–Crippen LogP) is 2.03. The topological polar surface area (TPSA) is 29.9 Å². The molecule has 3 rings (SSSR count). The number of anilines is 1. The molecule has 74 valence electrons. The Morgan fingerprint density at radius 3 is 3.13 bits per heavy atom. The molecule has 2 heterocycles. The number of thiocarbonyl (C=S) groups is 1. The first-order valence-corrected chi connectivity index (χ1v) is 5.17. The predicted molar refractivity (Wildman–Crippen MR) is 63.1 cm³/mol. The van der Waals surface area contributed by atoms with E-state index in [0.29, 0.717) is 5.11 Å². The molecule has 0 unspecified atom stereocenters. The molecule has 0 fully saturated rings. The van der Waals surface area contributed by atoms with Crippen molar-refractivity contribution in [2.45, 2.75) is 6.42 Å². The second-order valence-electron chi connectivity index (χ2n) is 3.48. The van der Waals surface area contributed by atoms with E-state index in [9.17, 15) is 0 Å². The summed E-state index contributed by atoms with van der Waals surface area (Å²) in [6.45, 7) is 0. The fourth-order valence-electron chi connectivity index (χ4n) is 1.79. The normalized spacial score (nSPS) is 13.7. The Morgan fingerprint density at radius 2 is 2.20 bits per heavy atom. The summed E-state index contributed by atoms with van der Waals surface area (Å²) in [5.41, 5.74) is 2.30. The van der Waals surface area contributed by atoms with E-state index in [-0.39, 0.29) is 0 Å². The highest BCUT2D eigenvalue weighted by atomic mass is 32.1. The lowest BCUT2D eigenvalue weighted by molar-refractivity contribution is 0.973. The maximum Gasteiger partial charge on any atom is 0.183 e. The van der Waals surface area contributed by atoms with Crippen LogP contribution in [0.2, 0.25) is 0 Å². The van der Waals surface area contributed by atoms with Gasteiger partial charge in [-0.25, -0.2) is 4.98 Å². The van der Waals surface area contributed by atoms with Gasteiger partial charge in [-0.3, -0.25) is 4.57 Å². The molecule has 1 aliphatic heterocycles. The zero-order valence-corrected chi connectivity index (χ0v) is 8.79. The van der Waals surface area contributed by atoms with Gasteiger partial charge < -0.3 is 5.32 Å². The quantitative estimate of drug-likeness (QED) is 0.682. The highest BCUT2D eigenvalue weighted by molar-refractivity contribution is 7.80. The van der Waals surface area contributed by atoms with Crippen molar-refractivity contribution in [3.63, 3.8) is 0 Å². The van der Waals surface area contributed by atoms with Gasteiger partial charge in [0.25, 0.3) is 0 Å². The van der Waals surface area contributed by atoms with Crippen LogP contribution >= 0.6 is 12.2 Å². The van der Waals surface area contributed by atoms with Gasteiger partial charge in [0.05, 0.1) is 0 Å². The molecule has 0 spiro atoms. The van der Waals surface area contributed by atoms with Crippen LogP contribution in [0.1, 0.15) is 11.4 Å². The Hall–Kier alpha value is -1.68. The van der Waals surface area contributed by atoms with Crippen molar-refractivity contribution in [1.29, 1.82) is 0 Å². The average Bonchev–Trinajstić information content (AvgIpc) is 2.64. The van der Waals surface area contributed by atoms with Crippen molar-refractivity contribution < 1.29 is 0 Å². The van der Waals surface area contributed by atoms with E-state index in [1.807, 2.05) is 29.0 Å². The molecule has 4 heteroatoms. The van der Waals surface area contributed by atoms with Gasteiger partial charge in [-0.05, 0) is 23.8 Å². The molecule has 0 radical (unpaired) electrons. The second-order valence-corrected chi connectivity index (χ2v) is 3.86. The number of nitrogens with one attached hydrogen (secondary N) is 1. The highest BCUT2D eigenvalue weighted by Gasteiger charge is 2.15. The first kappa shape index (κ1) is 8.61. The van der Waals surface area contributed by atoms with Crippen molar-refractivity contribution in [1.82, 2.24) is 9.55 Å². The third kappa shape index (κ3) is 1.34. The van der Waals surface area contributed by atoms with E-state index < -0.39 is 0 Å². The summed E-state index contributed by atoms with van der Waals surface area (Å²) in [7, 11) is 0. The number of fused-ring (bicyclic) bond motifs is 2. The van der Waals surface area contributed by atoms with Crippen LogP contribution in [0.5, 0.6) is 0 Å². The minimum atomic E-state index is 0.687. The third-order valence-corrected chi connectivity index (χ3v) is 2.84. The first-order valence-electron chi connectivity index (χ1n) is 4.76. The van der Waals surface area contributed by atoms with Crippen molar-refractivity contribution in [2.75, 3.05) is 5.32 Å². The minimum absolute atomic E-state index is 0.687. The summed E-state index contributed by atoms with van der Waals surface area (Å²) >= 11 is 5.29. The molecular formula is C11H9N3S. The Kier molecular flexibility index (Phi) is 1.82. The summed E-state index contributed by atoms with van der Waals surface area (Å²) in [6, 6.07) is 8.16. The van der Waals surface area contributed by atoms with Gasteiger partial charge >= 0.3 is 0 Å². The van der Waals surface area contributed by atoms with Crippen LogP contribution in [0.25, 0.3) is 0 Å². The summed E-state index contributed by atoms with van der Waals surface area (Å²) in [5, 5.41) is 3.91. The minimum Gasteiger partial charge on any atom is -0.332 e. The maximum absolute atomic E-state index is 5.29. The average molecular weight is 215 g/mol. The number of para-hydroxylation sites is 1. The van der Waals surface area contributed by atoms with Crippen LogP contribution in [-0.4, -0.2) is 14.7 Å². The number of imidazole rings is 1. The lowest BCUT2D eigenvalue weighted by Crippen LogP contribution is -2.18. The fraction of sp³-hybridized carbons (Fsp3) is 0.0909. The van der Waals surface area contributed by atoms with Crippen LogP contribution in [0.15, 0.2) is 36.7 Å². The molecule has 0 bridgehead atoms. The summed E-state index contributed by atoms with van der Waals surface area (Å²) < 4.78 is 1.91. The van der Waals surface area contributed by atoms with Gasteiger partial charge in [-0.2, -0.15) is 0 Å².